The second-order valence-corrected chi connectivity index (χ2v) is 5.74. The fourth-order valence-corrected chi connectivity index (χ4v) is 2.47. The molecule has 0 bridgehead atoms. The molecule has 0 fully saturated rings. The van der Waals surface area contributed by atoms with Crippen LogP contribution in [0.1, 0.15) is 30.9 Å². The molecule has 0 aliphatic heterocycles. The topological polar surface area (TPSA) is 67.1 Å². The highest BCUT2D eigenvalue weighted by atomic mass is 15.2. The fourth-order valence-electron chi connectivity index (χ4n) is 2.47. The molecular formula is C17H25N5. The number of hydrogen-bond donors (Lipinski definition) is 2. The third kappa shape index (κ3) is 3.87. The molecule has 0 saturated heterocycles. The van der Waals surface area contributed by atoms with E-state index in [1.54, 1.807) is 6.33 Å². The fraction of sp³-hybridized carbons (Fsp3) is 0.412. The Morgan fingerprint density at radius 2 is 1.82 bits per heavy atom. The molecule has 0 radical (unpaired) electrons. The van der Waals surface area contributed by atoms with Crippen molar-refractivity contribution in [1.29, 1.82) is 0 Å². The van der Waals surface area contributed by atoms with E-state index in [9.17, 15) is 0 Å². The van der Waals surface area contributed by atoms with Gasteiger partial charge in [-0.05, 0) is 43.5 Å². The molecule has 118 valence electrons. The molecule has 1 aromatic heterocycles. The van der Waals surface area contributed by atoms with Crippen LogP contribution in [-0.4, -0.2) is 23.6 Å². The zero-order valence-electron chi connectivity index (χ0n) is 13.8. The number of nitrogens with two attached hydrogens (primary N) is 1. The molecule has 0 spiro atoms. The van der Waals surface area contributed by atoms with E-state index >= 15 is 0 Å². The minimum atomic E-state index is 0.584. The highest BCUT2D eigenvalue weighted by molar-refractivity contribution is 5.78. The molecule has 0 amide bonds. The van der Waals surface area contributed by atoms with Crippen molar-refractivity contribution >= 4 is 23.0 Å². The molecule has 3 N–H and O–H groups in total. The first-order chi connectivity index (χ1) is 10.5. The molecule has 0 aliphatic rings. The van der Waals surface area contributed by atoms with Crippen LogP contribution in [0.3, 0.4) is 0 Å². The number of aryl methyl sites for hydroxylation is 2. The van der Waals surface area contributed by atoms with Gasteiger partial charge in [0.25, 0.3) is 0 Å². The van der Waals surface area contributed by atoms with E-state index in [1.807, 2.05) is 7.05 Å². The van der Waals surface area contributed by atoms with Gasteiger partial charge in [-0.2, -0.15) is 0 Å². The normalized spacial score (nSPS) is 10.5. The van der Waals surface area contributed by atoms with Crippen LogP contribution in [-0.2, 0) is 0 Å². The van der Waals surface area contributed by atoms with Gasteiger partial charge in [0.15, 0.2) is 11.6 Å². The van der Waals surface area contributed by atoms with Gasteiger partial charge in [-0.15, -0.1) is 0 Å². The Labute approximate surface area is 132 Å². The average molecular weight is 299 g/mol. The number of nitrogens with zero attached hydrogens (tertiary/aromatic N) is 3. The van der Waals surface area contributed by atoms with E-state index in [1.165, 1.54) is 11.1 Å². The Morgan fingerprint density at radius 1 is 1.14 bits per heavy atom. The quantitative estimate of drug-likeness (QED) is 0.852. The monoisotopic (exact) mass is 299 g/mol. The second-order valence-electron chi connectivity index (χ2n) is 5.74. The Kier molecular flexibility index (Phi) is 5.20. The number of nitrogen functional groups attached to an aromatic ring is 1. The van der Waals surface area contributed by atoms with Crippen LogP contribution >= 0.6 is 0 Å². The van der Waals surface area contributed by atoms with E-state index < -0.39 is 0 Å². The molecule has 2 aromatic rings. The van der Waals surface area contributed by atoms with Crippen molar-refractivity contribution in [2.75, 3.05) is 29.5 Å². The lowest BCUT2D eigenvalue weighted by molar-refractivity contribution is 0.759. The van der Waals surface area contributed by atoms with Crippen LogP contribution in [0, 0.1) is 13.8 Å². The summed E-state index contributed by atoms with van der Waals surface area (Å²) >= 11 is 0. The van der Waals surface area contributed by atoms with Crippen molar-refractivity contribution in [3.05, 3.63) is 35.7 Å². The molecule has 2 rings (SSSR count). The largest absolute Gasteiger partial charge is 0.393 e. The third-order valence-electron chi connectivity index (χ3n) is 3.56. The van der Waals surface area contributed by atoms with Gasteiger partial charge in [0.05, 0.1) is 0 Å². The van der Waals surface area contributed by atoms with Crippen molar-refractivity contribution in [2.24, 2.45) is 0 Å². The first-order valence-corrected chi connectivity index (χ1v) is 7.68. The third-order valence-corrected chi connectivity index (χ3v) is 3.56. The van der Waals surface area contributed by atoms with Crippen molar-refractivity contribution in [1.82, 2.24) is 9.97 Å². The molecule has 0 atom stereocenters. The Balaban J connectivity index is 2.24. The highest BCUT2D eigenvalue weighted by Gasteiger charge is 2.12. The number of hydrogen-bond acceptors (Lipinski definition) is 5. The lowest BCUT2D eigenvalue weighted by Gasteiger charge is -2.20. The van der Waals surface area contributed by atoms with Gasteiger partial charge in [0, 0.05) is 19.3 Å². The smallest absolute Gasteiger partial charge is 0.159 e. The van der Waals surface area contributed by atoms with E-state index in [-0.39, 0.29) is 0 Å². The Hall–Kier alpha value is -2.30. The molecule has 1 aromatic carbocycles. The zero-order valence-corrected chi connectivity index (χ0v) is 13.8. The van der Waals surface area contributed by atoms with Crippen LogP contribution in [0.25, 0.3) is 0 Å². The molecule has 0 unspecified atom stereocenters. The number of rotatable bonds is 6. The van der Waals surface area contributed by atoms with E-state index in [4.69, 9.17) is 5.73 Å². The summed E-state index contributed by atoms with van der Waals surface area (Å²) in [5, 5.41) is 3.30. The number of anilines is 4. The Bertz CT molecular complexity index is 619. The van der Waals surface area contributed by atoms with E-state index in [2.05, 4.69) is 59.2 Å². The SMILES string of the molecule is CCCCN(C)c1ncnc(Nc2cc(C)cc(C)c2)c1N. The molecular weight excluding hydrogens is 274 g/mol. The van der Waals surface area contributed by atoms with Gasteiger partial charge in [0.2, 0.25) is 0 Å². The van der Waals surface area contributed by atoms with Gasteiger partial charge in [0.1, 0.15) is 12.0 Å². The van der Waals surface area contributed by atoms with Crippen LogP contribution in [0.4, 0.5) is 23.0 Å². The van der Waals surface area contributed by atoms with Gasteiger partial charge in [-0.1, -0.05) is 19.4 Å². The summed E-state index contributed by atoms with van der Waals surface area (Å²) in [7, 11) is 2.01. The molecule has 0 aliphatic carbocycles. The zero-order chi connectivity index (χ0) is 16.1. The lowest BCUT2D eigenvalue weighted by Crippen LogP contribution is -2.21. The second kappa shape index (κ2) is 7.11. The van der Waals surface area contributed by atoms with Crippen LogP contribution in [0.2, 0.25) is 0 Å². The maximum absolute atomic E-state index is 6.25. The number of aromatic nitrogens is 2. The van der Waals surface area contributed by atoms with Gasteiger partial charge >= 0.3 is 0 Å². The first kappa shape index (κ1) is 16.1. The summed E-state index contributed by atoms with van der Waals surface area (Å²) in [6, 6.07) is 6.29. The molecule has 1 heterocycles. The van der Waals surface area contributed by atoms with Gasteiger partial charge < -0.3 is 16.0 Å². The molecule has 22 heavy (non-hydrogen) atoms. The standard InChI is InChI=1S/C17H25N5/c1-5-6-7-22(4)17-15(18)16(19-11-20-17)21-14-9-12(2)8-13(3)10-14/h8-11H,5-7,18H2,1-4H3,(H,19,20,21). The maximum atomic E-state index is 6.25. The summed E-state index contributed by atoms with van der Waals surface area (Å²) in [5.74, 6) is 1.42. The van der Waals surface area contributed by atoms with Crippen molar-refractivity contribution in [3.8, 4) is 0 Å². The lowest BCUT2D eigenvalue weighted by atomic mass is 10.1. The predicted molar refractivity (Wildman–Crippen MR) is 93.8 cm³/mol. The Morgan fingerprint density at radius 3 is 2.45 bits per heavy atom. The molecule has 5 heteroatoms. The molecule has 5 nitrogen and oxygen atoms in total. The van der Waals surface area contributed by atoms with E-state index in [0.717, 1.165) is 30.9 Å². The highest BCUT2D eigenvalue weighted by Crippen LogP contribution is 2.28. The molecule has 0 saturated carbocycles. The number of unbranched alkanes of at least 4 members (excludes halogenated alkanes) is 1. The first-order valence-electron chi connectivity index (χ1n) is 7.68. The van der Waals surface area contributed by atoms with Gasteiger partial charge in [-0.3, -0.25) is 0 Å². The minimum absolute atomic E-state index is 0.584. The van der Waals surface area contributed by atoms with Crippen molar-refractivity contribution < 1.29 is 0 Å². The summed E-state index contributed by atoms with van der Waals surface area (Å²) in [5.41, 5.74) is 10.2. The summed E-state index contributed by atoms with van der Waals surface area (Å²) in [4.78, 5) is 10.7. The summed E-state index contributed by atoms with van der Waals surface area (Å²) in [6.07, 6.45) is 3.81. The van der Waals surface area contributed by atoms with Crippen molar-refractivity contribution in [3.63, 3.8) is 0 Å². The van der Waals surface area contributed by atoms with Crippen molar-refractivity contribution in [2.45, 2.75) is 33.6 Å². The van der Waals surface area contributed by atoms with E-state index in [0.29, 0.717) is 11.5 Å². The number of benzene rings is 1. The average Bonchev–Trinajstić information content (AvgIpc) is 2.46. The van der Waals surface area contributed by atoms with Crippen LogP contribution < -0.4 is 16.0 Å². The minimum Gasteiger partial charge on any atom is -0.393 e. The van der Waals surface area contributed by atoms with Gasteiger partial charge in [-0.25, -0.2) is 9.97 Å². The van der Waals surface area contributed by atoms with Crippen LogP contribution in [0.5, 0.6) is 0 Å². The predicted octanol–water partition coefficient (Wildman–Crippen LogP) is 3.66. The summed E-state index contributed by atoms with van der Waals surface area (Å²) in [6.45, 7) is 7.25. The maximum Gasteiger partial charge on any atom is 0.159 e. The van der Waals surface area contributed by atoms with Crippen LogP contribution in [0.15, 0.2) is 24.5 Å². The number of nitrogens with one attached hydrogen (secondary N) is 1. The summed E-state index contributed by atoms with van der Waals surface area (Å²) < 4.78 is 0.